The molecule has 1 aliphatic rings. The average Bonchev–Trinajstić information content (AvgIpc) is 3.16. The molecule has 0 spiro atoms. The van der Waals surface area contributed by atoms with Crippen molar-refractivity contribution in [1.82, 2.24) is 4.98 Å². The highest BCUT2D eigenvalue weighted by Gasteiger charge is 2.36. The minimum Gasteiger partial charge on any atom is -0.452 e. The van der Waals surface area contributed by atoms with Crippen LogP contribution in [0.5, 0.6) is 0 Å². The lowest BCUT2D eigenvalue weighted by molar-refractivity contribution is -0.119. The lowest BCUT2D eigenvalue weighted by atomic mass is 10.1. The Hall–Kier alpha value is -3.14. The number of amides is 1. The van der Waals surface area contributed by atoms with Gasteiger partial charge in [-0.1, -0.05) is 47.5 Å². The Kier molecular flexibility index (Phi) is 6.79. The second-order valence-electron chi connectivity index (χ2n) is 7.62. The van der Waals surface area contributed by atoms with Gasteiger partial charge in [0.2, 0.25) is 0 Å². The third-order valence-corrected chi connectivity index (χ3v) is 7.59. The molecule has 1 N–H and O–H groups in total. The molecule has 1 aromatic heterocycles. The van der Waals surface area contributed by atoms with E-state index in [1.165, 1.54) is 40.8 Å². The van der Waals surface area contributed by atoms with Gasteiger partial charge >= 0.3 is 5.97 Å². The fourth-order valence-electron chi connectivity index (χ4n) is 3.69. The molecular weight excluding hydrogens is 501 g/mol. The number of fused-ring (bicyclic) bond motifs is 1. The average molecular weight is 520 g/mol. The molecule has 2 heterocycles. The van der Waals surface area contributed by atoms with Gasteiger partial charge in [-0.25, -0.2) is 18.2 Å². The fraction of sp³-hybridized carbons (Fsp3) is 0.174. The van der Waals surface area contributed by atoms with Gasteiger partial charge < -0.3 is 10.1 Å². The largest absolute Gasteiger partial charge is 0.452 e. The van der Waals surface area contributed by atoms with E-state index in [-0.39, 0.29) is 27.3 Å². The molecule has 2 aromatic carbocycles. The highest BCUT2D eigenvalue weighted by atomic mass is 35.5. The third kappa shape index (κ3) is 4.86. The molecule has 0 saturated heterocycles. The van der Waals surface area contributed by atoms with Crippen LogP contribution in [0.1, 0.15) is 22.8 Å². The van der Waals surface area contributed by atoms with E-state index < -0.39 is 28.5 Å². The second-order valence-corrected chi connectivity index (χ2v) is 10.3. The van der Waals surface area contributed by atoms with Crippen molar-refractivity contribution in [2.24, 2.45) is 0 Å². The number of anilines is 2. The predicted octanol–water partition coefficient (Wildman–Crippen LogP) is 4.32. The number of benzene rings is 2. The molecule has 34 heavy (non-hydrogen) atoms. The molecule has 1 atom stereocenters. The van der Waals surface area contributed by atoms with Gasteiger partial charge in [-0.3, -0.25) is 9.10 Å². The van der Waals surface area contributed by atoms with Gasteiger partial charge in [0.05, 0.1) is 26.2 Å². The highest BCUT2D eigenvalue weighted by molar-refractivity contribution is 7.92. The Bertz CT molecular complexity index is 1380. The fourth-order valence-corrected chi connectivity index (χ4v) is 5.86. The topological polar surface area (TPSA) is 106 Å². The number of nitrogens with zero attached hydrogens (tertiary/aromatic N) is 2. The third-order valence-electron chi connectivity index (χ3n) is 5.17. The number of carbonyl (C=O) groups excluding carboxylic acids is 2. The monoisotopic (exact) mass is 519 g/mol. The van der Waals surface area contributed by atoms with Crippen LogP contribution in [0.25, 0.3) is 0 Å². The summed E-state index contributed by atoms with van der Waals surface area (Å²) in [4.78, 5) is 28.5. The number of aromatic nitrogens is 1. The zero-order valence-corrected chi connectivity index (χ0v) is 20.2. The smallest absolute Gasteiger partial charge is 0.338 e. The van der Waals surface area contributed by atoms with Crippen LogP contribution < -0.4 is 9.62 Å². The van der Waals surface area contributed by atoms with Gasteiger partial charge in [0.25, 0.3) is 15.9 Å². The van der Waals surface area contributed by atoms with Gasteiger partial charge in [-0.2, -0.15) is 0 Å². The Morgan fingerprint density at radius 1 is 1.15 bits per heavy atom. The molecule has 0 aliphatic carbocycles. The van der Waals surface area contributed by atoms with Crippen LogP contribution in [0.15, 0.2) is 65.7 Å². The number of ether oxygens (including phenoxy) is 1. The lowest BCUT2D eigenvalue weighted by Crippen LogP contribution is -2.35. The van der Waals surface area contributed by atoms with E-state index in [9.17, 15) is 18.0 Å². The molecule has 11 heteroatoms. The lowest BCUT2D eigenvalue weighted by Gasteiger charge is -2.24. The summed E-state index contributed by atoms with van der Waals surface area (Å²) in [6.07, 6.45) is 1.90. The summed E-state index contributed by atoms with van der Waals surface area (Å²) in [5.41, 5.74) is 1.56. The first-order chi connectivity index (χ1) is 16.2. The van der Waals surface area contributed by atoms with E-state index in [1.807, 2.05) is 19.1 Å². The van der Waals surface area contributed by atoms with Gasteiger partial charge in [0, 0.05) is 12.2 Å². The van der Waals surface area contributed by atoms with Gasteiger partial charge in [0.15, 0.2) is 12.4 Å². The molecular formula is C23H19Cl2N3O5S. The molecule has 1 amide bonds. The van der Waals surface area contributed by atoms with Crippen molar-refractivity contribution in [1.29, 1.82) is 0 Å². The normalized spacial score (nSPS) is 15.0. The number of para-hydroxylation sites is 1. The van der Waals surface area contributed by atoms with E-state index in [2.05, 4.69) is 10.3 Å². The summed E-state index contributed by atoms with van der Waals surface area (Å²) in [5.74, 6) is -1.45. The maximum atomic E-state index is 13.4. The van der Waals surface area contributed by atoms with Crippen LogP contribution in [-0.4, -0.2) is 37.9 Å². The summed E-state index contributed by atoms with van der Waals surface area (Å²) in [6.45, 7) is 1.21. The first kappa shape index (κ1) is 24.0. The van der Waals surface area contributed by atoms with E-state index in [0.717, 1.165) is 5.56 Å². The molecule has 4 rings (SSSR count). The van der Waals surface area contributed by atoms with Gasteiger partial charge in [-0.15, -0.1) is 0 Å². The molecule has 0 radical (unpaired) electrons. The van der Waals surface area contributed by atoms with E-state index in [1.54, 1.807) is 12.1 Å². The zero-order chi connectivity index (χ0) is 24.5. The van der Waals surface area contributed by atoms with Crippen molar-refractivity contribution < 1.29 is 22.7 Å². The minimum absolute atomic E-state index is 0.00309. The number of pyridine rings is 1. The standard InChI is InChI=1S/C23H19Cl2N3O5S/c1-14-9-15-5-2-3-8-20(15)28(14)34(31,32)18-7-4-6-16(10-18)23(30)33-13-21(29)27-22-19(25)11-17(24)12-26-22/h2-8,10-12,14H,9,13H2,1H3,(H,26,27,29). The molecule has 1 unspecified atom stereocenters. The van der Waals surface area contributed by atoms with Crippen molar-refractivity contribution in [2.75, 3.05) is 16.2 Å². The quantitative estimate of drug-likeness (QED) is 0.486. The molecule has 0 saturated carbocycles. The second kappa shape index (κ2) is 9.61. The summed E-state index contributed by atoms with van der Waals surface area (Å²) in [7, 11) is -3.93. The van der Waals surface area contributed by atoms with E-state index in [0.29, 0.717) is 17.1 Å². The number of sulfonamides is 1. The number of carbonyl (C=O) groups is 2. The number of halogens is 2. The molecule has 1 aliphatic heterocycles. The van der Waals surface area contributed by atoms with Crippen LogP contribution in [0.3, 0.4) is 0 Å². The summed E-state index contributed by atoms with van der Waals surface area (Å²) in [6, 6.07) is 14.0. The Morgan fingerprint density at radius 3 is 2.68 bits per heavy atom. The van der Waals surface area contributed by atoms with Crippen LogP contribution in [0.4, 0.5) is 11.5 Å². The minimum atomic E-state index is -3.93. The Balaban J connectivity index is 1.47. The van der Waals surface area contributed by atoms with Crippen LogP contribution in [0.2, 0.25) is 10.0 Å². The van der Waals surface area contributed by atoms with Crippen molar-refractivity contribution in [3.63, 3.8) is 0 Å². The maximum Gasteiger partial charge on any atom is 0.338 e. The number of esters is 1. The molecule has 3 aromatic rings. The zero-order valence-electron chi connectivity index (χ0n) is 17.9. The van der Waals surface area contributed by atoms with Crippen molar-refractivity contribution >= 4 is 56.6 Å². The van der Waals surface area contributed by atoms with E-state index in [4.69, 9.17) is 27.9 Å². The van der Waals surface area contributed by atoms with Crippen LogP contribution in [0, 0.1) is 0 Å². The Labute approximate surface area is 206 Å². The number of rotatable bonds is 6. The van der Waals surface area contributed by atoms with Gasteiger partial charge in [-0.05, 0) is 49.2 Å². The number of hydrogen-bond donors (Lipinski definition) is 1. The predicted molar refractivity (Wildman–Crippen MR) is 129 cm³/mol. The summed E-state index contributed by atoms with van der Waals surface area (Å²) >= 11 is 11.7. The van der Waals surface area contributed by atoms with Gasteiger partial charge in [0.1, 0.15) is 0 Å². The van der Waals surface area contributed by atoms with E-state index >= 15 is 0 Å². The maximum absolute atomic E-state index is 13.4. The number of nitrogens with one attached hydrogen (secondary N) is 1. The van der Waals surface area contributed by atoms with Crippen molar-refractivity contribution in [3.8, 4) is 0 Å². The van der Waals surface area contributed by atoms with Crippen molar-refractivity contribution in [2.45, 2.75) is 24.3 Å². The summed E-state index contributed by atoms with van der Waals surface area (Å²) < 4.78 is 33.2. The first-order valence-corrected chi connectivity index (χ1v) is 12.4. The van der Waals surface area contributed by atoms with Crippen LogP contribution in [-0.2, 0) is 26.0 Å². The molecule has 0 fully saturated rings. The first-order valence-electron chi connectivity index (χ1n) is 10.2. The Morgan fingerprint density at radius 2 is 1.91 bits per heavy atom. The molecule has 176 valence electrons. The number of hydrogen-bond acceptors (Lipinski definition) is 6. The van der Waals surface area contributed by atoms with Crippen molar-refractivity contribution in [3.05, 3.63) is 82.0 Å². The molecule has 0 bridgehead atoms. The van der Waals surface area contributed by atoms with Crippen LogP contribution >= 0.6 is 23.2 Å². The molecule has 8 nitrogen and oxygen atoms in total. The summed E-state index contributed by atoms with van der Waals surface area (Å²) in [5, 5.41) is 2.84. The highest BCUT2D eigenvalue weighted by Crippen LogP contribution is 2.36. The SMILES string of the molecule is CC1Cc2ccccc2N1S(=O)(=O)c1cccc(C(=O)OCC(=O)Nc2ncc(Cl)cc2Cl)c1.